The van der Waals surface area contributed by atoms with Crippen molar-refractivity contribution in [3.05, 3.63) is 34.9 Å². The van der Waals surface area contributed by atoms with Gasteiger partial charge in [0.15, 0.2) is 0 Å². The van der Waals surface area contributed by atoms with Gasteiger partial charge < -0.3 is 15.3 Å². The molecule has 1 aliphatic rings. The van der Waals surface area contributed by atoms with Crippen molar-refractivity contribution < 1.29 is 19.5 Å². The number of piperazine rings is 1. The van der Waals surface area contributed by atoms with Gasteiger partial charge in [-0.1, -0.05) is 29.8 Å². The van der Waals surface area contributed by atoms with E-state index in [0.29, 0.717) is 37.7 Å². The fraction of sp³-hybridized carbons (Fsp3) is 0.500. The SMILES string of the molecule is CC(=O)N1CCN(C[C@H](CC(=O)NCc2ccccc2Cl)C(=O)O)CC1. The quantitative estimate of drug-likeness (QED) is 0.741. The fourth-order valence-corrected chi connectivity index (χ4v) is 3.12. The van der Waals surface area contributed by atoms with Crippen LogP contribution in [0.25, 0.3) is 0 Å². The molecule has 0 aromatic heterocycles. The van der Waals surface area contributed by atoms with E-state index < -0.39 is 11.9 Å². The van der Waals surface area contributed by atoms with Crippen LogP contribution in [0, 0.1) is 5.92 Å². The second kappa shape index (κ2) is 9.54. The summed E-state index contributed by atoms with van der Waals surface area (Å²) in [5.41, 5.74) is 0.787. The Bertz CT molecular complexity index is 660. The van der Waals surface area contributed by atoms with E-state index in [1.807, 2.05) is 17.0 Å². The summed E-state index contributed by atoms with van der Waals surface area (Å²) in [5.74, 6) is -2.07. The number of amides is 2. The number of nitrogens with one attached hydrogen (secondary N) is 1. The van der Waals surface area contributed by atoms with Gasteiger partial charge in [-0.25, -0.2) is 0 Å². The van der Waals surface area contributed by atoms with E-state index in [2.05, 4.69) is 5.32 Å². The molecular weight excluding hydrogens is 358 g/mol. The third kappa shape index (κ3) is 6.00. The highest BCUT2D eigenvalue weighted by molar-refractivity contribution is 6.31. The molecule has 2 amide bonds. The van der Waals surface area contributed by atoms with Crippen LogP contribution in [0.3, 0.4) is 0 Å². The number of rotatable bonds is 7. The summed E-state index contributed by atoms with van der Waals surface area (Å²) < 4.78 is 0. The van der Waals surface area contributed by atoms with Crippen LogP contribution in [0.1, 0.15) is 18.9 Å². The zero-order valence-corrected chi connectivity index (χ0v) is 15.5. The monoisotopic (exact) mass is 381 g/mol. The third-order valence-corrected chi connectivity index (χ3v) is 4.88. The Kier molecular flexibility index (Phi) is 7.41. The van der Waals surface area contributed by atoms with Crippen molar-refractivity contribution >= 4 is 29.4 Å². The number of benzene rings is 1. The summed E-state index contributed by atoms with van der Waals surface area (Å²) in [6.45, 7) is 4.48. The normalized spacial score (nSPS) is 16.2. The van der Waals surface area contributed by atoms with Crippen molar-refractivity contribution in [1.29, 1.82) is 0 Å². The van der Waals surface area contributed by atoms with Gasteiger partial charge in [0.05, 0.1) is 5.92 Å². The molecular formula is C18H24ClN3O4. The lowest BCUT2D eigenvalue weighted by molar-refractivity contribution is -0.145. The standard InChI is InChI=1S/C18H24ClN3O4/c1-13(23)22-8-6-21(7-9-22)12-15(18(25)26)10-17(24)20-11-14-4-2-3-5-16(14)19/h2-5,15H,6-12H2,1H3,(H,20,24)(H,25,26)/t15-/m0/s1. The molecule has 142 valence electrons. The minimum Gasteiger partial charge on any atom is -0.481 e. The Labute approximate surface area is 157 Å². The van der Waals surface area contributed by atoms with Gasteiger partial charge >= 0.3 is 5.97 Å². The number of nitrogens with zero attached hydrogens (tertiary/aromatic N) is 2. The molecule has 7 nitrogen and oxygen atoms in total. The average molecular weight is 382 g/mol. The largest absolute Gasteiger partial charge is 0.481 e. The van der Waals surface area contributed by atoms with E-state index in [4.69, 9.17) is 11.6 Å². The smallest absolute Gasteiger partial charge is 0.308 e. The van der Waals surface area contributed by atoms with E-state index in [1.54, 1.807) is 17.0 Å². The summed E-state index contributed by atoms with van der Waals surface area (Å²) in [4.78, 5) is 38.7. The zero-order valence-electron chi connectivity index (χ0n) is 14.8. The molecule has 2 rings (SSSR count). The van der Waals surface area contributed by atoms with Gasteiger partial charge in [-0.05, 0) is 11.6 Å². The predicted molar refractivity (Wildman–Crippen MR) is 97.7 cm³/mol. The van der Waals surface area contributed by atoms with E-state index in [1.165, 1.54) is 6.92 Å². The van der Waals surface area contributed by atoms with Gasteiger partial charge in [-0.3, -0.25) is 19.3 Å². The number of hydrogen-bond donors (Lipinski definition) is 2. The Morgan fingerprint density at radius 2 is 1.85 bits per heavy atom. The van der Waals surface area contributed by atoms with Gasteiger partial charge in [0, 0.05) is 57.6 Å². The summed E-state index contributed by atoms with van der Waals surface area (Å²) in [6, 6.07) is 7.18. The molecule has 1 saturated heterocycles. The molecule has 8 heteroatoms. The molecule has 1 aromatic rings. The minimum atomic E-state index is -0.994. The van der Waals surface area contributed by atoms with Crippen molar-refractivity contribution in [3.63, 3.8) is 0 Å². The van der Waals surface area contributed by atoms with Crippen LogP contribution < -0.4 is 5.32 Å². The van der Waals surface area contributed by atoms with Gasteiger partial charge in [-0.15, -0.1) is 0 Å². The lowest BCUT2D eigenvalue weighted by atomic mass is 10.0. The fourth-order valence-electron chi connectivity index (χ4n) is 2.92. The maximum atomic E-state index is 12.1. The molecule has 0 saturated carbocycles. The highest BCUT2D eigenvalue weighted by Crippen LogP contribution is 2.15. The Balaban J connectivity index is 1.82. The first-order valence-electron chi connectivity index (χ1n) is 8.57. The molecule has 0 bridgehead atoms. The van der Waals surface area contributed by atoms with Crippen molar-refractivity contribution in [2.75, 3.05) is 32.7 Å². The van der Waals surface area contributed by atoms with Gasteiger partial charge in [0.25, 0.3) is 0 Å². The molecule has 0 unspecified atom stereocenters. The molecule has 1 aromatic carbocycles. The molecule has 1 aliphatic heterocycles. The summed E-state index contributed by atoms with van der Waals surface area (Å²) >= 11 is 6.05. The Morgan fingerprint density at radius 3 is 2.42 bits per heavy atom. The minimum absolute atomic E-state index is 0.0263. The first-order valence-corrected chi connectivity index (χ1v) is 8.95. The van der Waals surface area contributed by atoms with Crippen molar-refractivity contribution in [2.45, 2.75) is 19.9 Å². The second-order valence-electron chi connectivity index (χ2n) is 6.41. The topological polar surface area (TPSA) is 90.0 Å². The van der Waals surface area contributed by atoms with Crippen LogP contribution in [0.15, 0.2) is 24.3 Å². The van der Waals surface area contributed by atoms with Gasteiger partial charge in [0.1, 0.15) is 0 Å². The molecule has 26 heavy (non-hydrogen) atoms. The Morgan fingerprint density at radius 1 is 1.19 bits per heavy atom. The maximum Gasteiger partial charge on any atom is 0.308 e. The number of hydrogen-bond acceptors (Lipinski definition) is 4. The van der Waals surface area contributed by atoms with Crippen LogP contribution >= 0.6 is 11.6 Å². The molecule has 0 spiro atoms. The summed E-state index contributed by atoms with van der Waals surface area (Å²) in [5, 5.41) is 12.7. The predicted octanol–water partition coefficient (Wildman–Crippen LogP) is 1.21. The van der Waals surface area contributed by atoms with Crippen molar-refractivity contribution in [2.24, 2.45) is 5.92 Å². The first-order chi connectivity index (χ1) is 12.4. The molecule has 2 N–H and O–H groups in total. The highest BCUT2D eigenvalue weighted by Gasteiger charge is 2.26. The third-order valence-electron chi connectivity index (χ3n) is 4.51. The van der Waals surface area contributed by atoms with Crippen LogP contribution in [-0.2, 0) is 20.9 Å². The van der Waals surface area contributed by atoms with Gasteiger partial charge in [-0.2, -0.15) is 0 Å². The molecule has 1 heterocycles. The summed E-state index contributed by atoms with van der Waals surface area (Å²) in [7, 11) is 0. The lowest BCUT2D eigenvalue weighted by Gasteiger charge is -2.35. The number of carboxylic acid groups (broad SMARTS) is 1. The van der Waals surface area contributed by atoms with Crippen LogP contribution in [-0.4, -0.2) is 65.4 Å². The molecule has 1 atom stereocenters. The number of halogens is 1. The molecule has 1 fully saturated rings. The lowest BCUT2D eigenvalue weighted by Crippen LogP contribution is -2.50. The van der Waals surface area contributed by atoms with Crippen molar-refractivity contribution in [1.82, 2.24) is 15.1 Å². The number of carbonyl (C=O) groups excluding carboxylic acids is 2. The van der Waals surface area contributed by atoms with E-state index in [0.717, 1.165) is 5.56 Å². The van der Waals surface area contributed by atoms with Crippen LogP contribution in [0.5, 0.6) is 0 Å². The molecule has 0 radical (unpaired) electrons. The van der Waals surface area contributed by atoms with Gasteiger partial charge in [0.2, 0.25) is 11.8 Å². The second-order valence-corrected chi connectivity index (χ2v) is 6.82. The highest BCUT2D eigenvalue weighted by atomic mass is 35.5. The maximum absolute atomic E-state index is 12.1. The number of carboxylic acids is 1. The Hall–Kier alpha value is -2.12. The van der Waals surface area contributed by atoms with E-state index >= 15 is 0 Å². The van der Waals surface area contributed by atoms with Crippen LogP contribution in [0.2, 0.25) is 5.02 Å². The first kappa shape index (κ1) is 20.2. The van der Waals surface area contributed by atoms with E-state index in [-0.39, 0.29) is 24.8 Å². The van der Waals surface area contributed by atoms with Crippen molar-refractivity contribution in [3.8, 4) is 0 Å². The van der Waals surface area contributed by atoms with Crippen LogP contribution in [0.4, 0.5) is 0 Å². The molecule has 0 aliphatic carbocycles. The number of aliphatic carboxylic acids is 1. The average Bonchev–Trinajstić information content (AvgIpc) is 2.61. The summed E-state index contributed by atoms with van der Waals surface area (Å²) in [6.07, 6.45) is -0.0906. The zero-order chi connectivity index (χ0) is 19.1. The number of carbonyl (C=O) groups is 3. The van der Waals surface area contributed by atoms with E-state index in [9.17, 15) is 19.5 Å².